The number of hydrogen-bond acceptors (Lipinski definition) is 4. The normalized spacial score (nSPS) is 11.7. The van der Waals surface area contributed by atoms with E-state index in [0.29, 0.717) is 23.1 Å². The van der Waals surface area contributed by atoms with Crippen LogP contribution in [0.25, 0.3) is 4.85 Å². The molecule has 0 heterocycles. The van der Waals surface area contributed by atoms with E-state index >= 15 is 0 Å². The molecule has 0 aliphatic rings. The molecule has 2 aromatic rings. The van der Waals surface area contributed by atoms with Gasteiger partial charge in [-0.25, -0.2) is 4.85 Å². The van der Waals surface area contributed by atoms with Gasteiger partial charge in [0.1, 0.15) is 0 Å². The number of hydrogen-bond donors (Lipinski definition) is 2. The molecular weight excluding hydrogens is 588 g/mol. The van der Waals surface area contributed by atoms with E-state index < -0.39 is 11.5 Å². The number of alkyl halides is 2. The van der Waals surface area contributed by atoms with Crippen molar-refractivity contribution in [2.45, 2.75) is 12.5 Å². The predicted octanol–water partition coefficient (Wildman–Crippen LogP) is 5.57. The van der Waals surface area contributed by atoms with Crippen molar-refractivity contribution in [2.75, 3.05) is 48.8 Å². The predicted molar refractivity (Wildman–Crippen MR) is 144 cm³/mol. The quantitative estimate of drug-likeness (QED) is 0.220. The molecule has 0 saturated heterocycles. The van der Waals surface area contributed by atoms with Gasteiger partial charge in [-0.2, -0.15) is 0 Å². The molecule has 0 radical (unpaired) electrons. The van der Waals surface area contributed by atoms with Gasteiger partial charge in [0.15, 0.2) is 11.3 Å². The lowest BCUT2D eigenvalue weighted by atomic mass is 10.1. The second-order valence-electron chi connectivity index (χ2n) is 6.64. The Morgan fingerprint density at radius 3 is 2.28 bits per heavy atom. The summed E-state index contributed by atoms with van der Waals surface area (Å²) in [7, 11) is 1.41. The van der Waals surface area contributed by atoms with Crippen LogP contribution in [0.5, 0.6) is 0 Å². The van der Waals surface area contributed by atoms with Crippen LogP contribution in [-0.4, -0.2) is 55.2 Å². The van der Waals surface area contributed by atoms with Gasteiger partial charge in [0, 0.05) is 46.9 Å². The summed E-state index contributed by atoms with van der Waals surface area (Å²) in [6.45, 7) is 9.91. The van der Waals surface area contributed by atoms with Crippen LogP contribution in [0.3, 0.4) is 0 Å². The third-order valence-corrected chi connectivity index (χ3v) is 5.27. The zero-order valence-electron chi connectivity index (χ0n) is 17.9. The van der Waals surface area contributed by atoms with Gasteiger partial charge in [-0.3, -0.25) is 4.79 Å². The Hall–Kier alpha value is -1.28. The van der Waals surface area contributed by atoms with Crippen molar-refractivity contribution in [1.82, 2.24) is 0 Å². The van der Waals surface area contributed by atoms with Gasteiger partial charge in [-0.1, -0.05) is 46.9 Å². The second kappa shape index (κ2) is 16.4. The van der Waals surface area contributed by atoms with Gasteiger partial charge in [0.05, 0.1) is 13.2 Å². The molecule has 0 saturated carbocycles. The summed E-state index contributed by atoms with van der Waals surface area (Å²) in [5, 5.41) is 12.4. The Morgan fingerprint density at radius 2 is 1.81 bits per heavy atom. The molecule has 2 rings (SSSR count). The molecule has 1 atom stereocenters. The maximum Gasteiger partial charge on any atom is 0.258 e. The molecule has 0 unspecified atom stereocenters. The molecule has 0 spiro atoms. The Bertz CT molecular complexity index is 858. The molecule has 2 N–H and O–H groups in total. The van der Waals surface area contributed by atoms with Gasteiger partial charge in [0.25, 0.3) is 5.91 Å². The molecular formula is C22H27Cl3IN3O3. The SMILES string of the molecule is Cl.ClCCN(CCCl)c1ccccc1.[C-]#[N+]c1ccc(NC(=O)[C@@](C)(O)COC)cc1I. The first-order valence-electron chi connectivity index (χ1n) is 9.40. The van der Waals surface area contributed by atoms with Crippen LogP contribution in [-0.2, 0) is 9.53 Å². The zero-order valence-corrected chi connectivity index (χ0v) is 22.3. The van der Waals surface area contributed by atoms with Gasteiger partial charge in [-0.05, 0) is 31.2 Å². The molecule has 2 aromatic carbocycles. The number of rotatable bonds is 9. The number of halogens is 4. The van der Waals surface area contributed by atoms with E-state index in [0.717, 1.165) is 16.7 Å². The van der Waals surface area contributed by atoms with Crippen molar-refractivity contribution in [3.8, 4) is 0 Å². The van der Waals surface area contributed by atoms with E-state index in [1.807, 2.05) is 40.8 Å². The molecule has 0 aliphatic heterocycles. The molecule has 176 valence electrons. The van der Waals surface area contributed by atoms with E-state index in [-0.39, 0.29) is 19.0 Å². The topological polar surface area (TPSA) is 66.2 Å². The number of benzene rings is 2. The number of methoxy groups -OCH3 is 1. The molecule has 32 heavy (non-hydrogen) atoms. The summed E-state index contributed by atoms with van der Waals surface area (Å²) < 4.78 is 5.52. The maximum atomic E-state index is 11.8. The van der Waals surface area contributed by atoms with Gasteiger partial charge in [-0.15, -0.1) is 35.6 Å². The summed E-state index contributed by atoms with van der Waals surface area (Å²) in [6, 6.07) is 15.1. The largest absolute Gasteiger partial charge is 0.381 e. The number of anilines is 2. The Balaban J connectivity index is 0.000000611. The number of nitrogens with one attached hydrogen (secondary N) is 1. The van der Waals surface area contributed by atoms with Crippen molar-refractivity contribution < 1.29 is 14.6 Å². The summed E-state index contributed by atoms with van der Waals surface area (Å²) in [6.07, 6.45) is 0. The first kappa shape index (κ1) is 30.7. The summed E-state index contributed by atoms with van der Waals surface area (Å²) in [4.78, 5) is 17.3. The number of carbonyl (C=O) groups excluding carboxylic acids is 1. The lowest BCUT2D eigenvalue weighted by Crippen LogP contribution is -2.43. The highest BCUT2D eigenvalue weighted by Crippen LogP contribution is 2.25. The van der Waals surface area contributed by atoms with Crippen molar-refractivity contribution >= 4 is 81.2 Å². The molecule has 0 bridgehead atoms. The van der Waals surface area contributed by atoms with Crippen LogP contribution in [0.4, 0.5) is 17.1 Å². The van der Waals surface area contributed by atoms with E-state index in [4.69, 9.17) is 34.5 Å². The Kier molecular flexibility index (Phi) is 15.7. The molecule has 0 aromatic heterocycles. The van der Waals surface area contributed by atoms with Crippen LogP contribution < -0.4 is 10.2 Å². The average molecular weight is 615 g/mol. The van der Waals surface area contributed by atoms with Gasteiger partial charge >= 0.3 is 0 Å². The number of nitrogens with zero attached hydrogens (tertiary/aromatic N) is 2. The van der Waals surface area contributed by atoms with Crippen molar-refractivity contribution in [3.63, 3.8) is 0 Å². The highest BCUT2D eigenvalue weighted by Gasteiger charge is 2.30. The first-order valence-corrected chi connectivity index (χ1v) is 11.6. The van der Waals surface area contributed by atoms with Crippen molar-refractivity contribution in [3.05, 3.63) is 63.5 Å². The lowest BCUT2D eigenvalue weighted by molar-refractivity contribution is -0.137. The fourth-order valence-corrected chi connectivity index (χ4v) is 3.54. The van der Waals surface area contributed by atoms with Crippen molar-refractivity contribution in [1.29, 1.82) is 0 Å². The Morgan fingerprint density at radius 1 is 1.22 bits per heavy atom. The van der Waals surface area contributed by atoms with E-state index in [9.17, 15) is 9.90 Å². The van der Waals surface area contributed by atoms with E-state index in [1.165, 1.54) is 19.7 Å². The molecule has 1 amide bonds. The number of carbonyl (C=O) groups is 1. The first-order chi connectivity index (χ1) is 14.8. The average Bonchev–Trinajstić information content (AvgIpc) is 2.75. The van der Waals surface area contributed by atoms with Crippen LogP contribution in [0.2, 0.25) is 0 Å². The van der Waals surface area contributed by atoms with Crippen LogP contribution in [0, 0.1) is 10.1 Å². The highest BCUT2D eigenvalue weighted by molar-refractivity contribution is 14.1. The van der Waals surface area contributed by atoms with E-state index in [1.54, 1.807) is 18.2 Å². The minimum Gasteiger partial charge on any atom is -0.381 e. The number of amides is 1. The smallest absolute Gasteiger partial charge is 0.258 e. The molecule has 0 aliphatic carbocycles. The fourth-order valence-electron chi connectivity index (χ4n) is 2.50. The van der Waals surface area contributed by atoms with Crippen LogP contribution in [0.15, 0.2) is 48.5 Å². The summed E-state index contributed by atoms with van der Waals surface area (Å²) in [5.74, 6) is 0.716. The van der Waals surface area contributed by atoms with E-state index in [2.05, 4.69) is 27.2 Å². The number of aliphatic hydroxyl groups is 1. The fraction of sp³-hybridized carbons (Fsp3) is 0.364. The zero-order chi connectivity index (χ0) is 23.3. The number of para-hydroxylation sites is 1. The van der Waals surface area contributed by atoms with Crippen molar-refractivity contribution in [2.24, 2.45) is 0 Å². The molecule has 0 fully saturated rings. The highest BCUT2D eigenvalue weighted by atomic mass is 127. The summed E-state index contributed by atoms with van der Waals surface area (Å²) in [5.41, 5.74) is 0.660. The molecule has 10 heteroatoms. The third-order valence-electron chi connectivity index (χ3n) is 4.07. The molecule has 6 nitrogen and oxygen atoms in total. The lowest BCUT2D eigenvalue weighted by Gasteiger charge is -2.22. The third kappa shape index (κ3) is 10.6. The van der Waals surface area contributed by atoms with Gasteiger partial charge in [0.2, 0.25) is 0 Å². The van der Waals surface area contributed by atoms with Gasteiger partial charge < -0.3 is 20.1 Å². The van der Waals surface area contributed by atoms with Crippen LogP contribution >= 0.6 is 58.2 Å². The van der Waals surface area contributed by atoms with Crippen LogP contribution in [0.1, 0.15) is 6.92 Å². The monoisotopic (exact) mass is 613 g/mol. The second-order valence-corrected chi connectivity index (χ2v) is 8.56. The Labute approximate surface area is 219 Å². The standard InChI is InChI=1S/C12H13IN2O3.C10H13Cl2N.ClH/c1-12(17,7-18-3)11(16)15-8-4-5-10(14-2)9(13)6-8;11-6-8-13(9-7-12)10-4-2-1-3-5-10;/h4-6,17H,7H2,1,3H3,(H,15,16);1-5H,6-9H2;1H/t12-;;/m0../s1. The number of ether oxygens (including phenoxy) is 1. The summed E-state index contributed by atoms with van der Waals surface area (Å²) >= 11 is 13.4. The minimum absolute atomic E-state index is 0. The minimum atomic E-state index is -1.58. The maximum absolute atomic E-state index is 11.8.